The van der Waals surface area contributed by atoms with Crippen LogP contribution in [0.2, 0.25) is 0 Å². The molecule has 1 aromatic carbocycles. The Labute approximate surface area is 161 Å². The standard InChI is InChI=1S/C21H20F3N3O/c1-14-9-15(2)27(13-17-6-4-8-25-11-17)19(14)20(28)26-12-16-5-3-7-18(10-16)21(22,23)24/h3-11H,12-13H2,1-2H3,(H,26,28). The normalized spacial score (nSPS) is 11.5. The molecule has 4 nitrogen and oxygen atoms in total. The molecule has 3 aromatic rings. The monoisotopic (exact) mass is 387 g/mol. The maximum absolute atomic E-state index is 12.9. The van der Waals surface area contributed by atoms with Crippen molar-refractivity contribution in [3.05, 3.63) is 88.5 Å². The van der Waals surface area contributed by atoms with E-state index in [0.29, 0.717) is 17.8 Å². The van der Waals surface area contributed by atoms with Crippen LogP contribution in [0.4, 0.5) is 13.2 Å². The minimum atomic E-state index is -4.41. The molecule has 28 heavy (non-hydrogen) atoms. The van der Waals surface area contributed by atoms with Crippen LogP contribution in [0.25, 0.3) is 0 Å². The molecular formula is C21H20F3N3O. The van der Waals surface area contributed by atoms with Gasteiger partial charge in [-0.1, -0.05) is 18.2 Å². The van der Waals surface area contributed by atoms with E-state index in [0.717, 1.165) is 29.0 Å². The summed E-state index contributed by atoms with van der Waals surface area (Å²) in [5.74, 6) is -0.327. The van der Waals surface area contributed by atoms with Gasteiger partial charge in [-0.2, -0.15) is 13.2 Å². The Morgan fingerprint density at radius 1 is 1.11 bits per heavy atom. The van der Waals surface area contributed by atoms with Crippen LogP contribution in [0.3, 0.4) is 0 Å². The molecular weight excluding hydrogens is 367 g/mol. The number of carbonyl (C=O) groups excluding carboxylic acids is 1. The van der Waals surface area contributed by atoms with E-state index in [4.69, 9.17) is 0 Å². The summed E-state index contributed by atoms with van der Waals surface area (Å²) in [5, 5.41) is 2.73. The molecule has 0 aliphatic carbocycles. The summed E-state index contributed by atoms with van der Waals surface area (Å²) in [6, 6.07) is 10.6. The second kappa shape index (κ2) is 7.88. The zero-order valence-corrected chi connectivity index (χ0v) is 15.5. The number of carbonyl (C=O) groups is 1. The summed E-state index contributed by atoms with van der Waals surface area (Å²) in [6.45, 7) is 4.25. The van der Waals surface area contributed by atoms with Crippen molar-refractivity contribution >= 4 is 5.91 Å². The average Bonchev–Trinajstić information content (AvgIpc) is 2.93. The van der Waals surface area contributed by atoms with E-state index in [2.05, 4.69) is 10.3 Å². The molecule has 1 N–H and O–H groups in total. The lowest BCUT2D eigenvalue weighted by atomic mass is 10.1. The summed E-state index contributed by atoms with van der Waals surface area (Å²) >= 11 is 0. The van der Waals surface area contributed by atoms with Crippen molar-refractivity contribution in [1.82, 2.24) is 14.9 Å². The van der Waals surface area contributed by atoms with Crippen molar-refractivity contribution in [2.75, 3.05) is 0 Å². The molecule has 146 valence electrons. The molecule has 0 unspecified atom stereocenters. The van der Waals surface area contributed by atoms with Crippen molar-refractivity contribution in [3.63, 3.8) is 0 Å². The minimum absolute atomic E-state index is 0.0132. The molecule has 7 heteroatoms. The number of amides is 1. The summed E-state index contributed by atoms with van der Waals surface area (Å²) in [7, 11) is 0. The van der Waals surface area contributed by atoms with Gasteiger partial charge < -0.3 is 9.88 Å². The van der Waals surface area contributed by atoms with Gasteiger partial charge in [0, 0.05) is 31.2 Å². The van der Waals surface area contributed by atoms with Crippen molar-refractivity contribution in [3.8, 4) is 0 Å². The first-order valence-electron chi connectivity index (χ1n) is 8.75. The molecule has 0 bridgehead atoms. The van der Waals surface area contributed by atoms with Gasteiger partial charge in [-0.25, -0.2) is 0 Å². The fraction of sp³-hybridized carbons (Fsp3) is 0.238. The second-order valence-corrected chi connectivity index (χ2v) is 6.65. The Balaban J connectivity index is 1.78. The summed E-state index contributed by atoms with van der Waals surface area (Å²) < 4.78 is 40.4. The molecule has 0 aliphatic heterocycles. The second-order valence-electron chi connectivity index (χ2n) is 6.65. The van der Waals surface area contributed by atoms with E-state index < -0.39 is 11.7 Å². The highest BCUT2D eigenvalue weighted by Crippen LogP contribution is 2.29. The third-order valence-electron chi connectivity index (χ3n) is 4.48. The van der Waals surface area contributed by atoms with Gasteiger partial charge in [-0.3, -0.25) is 9.78 Å². The molecule has 0 aliphatic rings. The van der Waals surface area contributed by atoms with E-state index in [-0.39, 0.29) is 12.5 Å². The molecule has 3 rings (SSSR count). The highest BCUT2D eigenvalue weighted by atomic mass is 19.4. The first-order valence-corrected chi connectivity index (χ1v) is 8.75. The Bertz CT molecular complexity index is 978. The Kier molecular flexibility index (Phi) is 5.53. The molecule has 0 atom stereocenters. The molecule has 0 saturated carbocycles. The van der Waals surface area contributed by atoms with Gasteiger partial charge in [0.25, 0.3) is 5.91 Å². The zero-order chi connectivity index (χ0) is 20.3. The lowest BCUT2D eigenvalue weighted by molar-refractivity contribution is -0.137. The van der Waals surface area contributed by atoms with Gasteiger partial charge in [0.2, 0.25) is 0 Å². The van der Waals surface area contributed by atoms with Crippen LogP contribution in [0.1, 0.15) is 38.4 Å². The average molecular weight is 387 g/mol. The number of pyridine rings is 1. The van der Waals surface area contributed by atoms with Gasteiger partial charge >= 0.3 is 6.18 Å². The van der Waals surface area contributed by atoms with E-state index in [1.54, 1.807) is 18.5 Å². The number of rotatable bonds is 5. The number of nitrogens with one attached hydrogen (secondary N) is 1. The first kappa shape index (κ1) is 19.7. The van der Waals surface area contributed by atoms with Crippen LogP contribution < -0.4 is 5.32 Å². The van der Waals surface area contributed by atoms with Crippen LogP contribution in [0.15, 0.2) is 54.9 Å². The minimum Gasteiger partial charge on any atom is -0.347 e. The number of alkyl halides is 3. The lowest BCUT2D eigenvalue weighted by Gasteiger charge is -2.13. The zero-order valence-electron chi connectivity index (χ0n) is 15.5. The largest absolute Gasteiger partial charge is 0.416 e. The molecule has 0 saturated heterocycles. The molecule has 0 radical (unpaired) electrons. The molecule has 2 aromatic heterocycles. The van der Waals surface area contributed by atoms with Crippen molar-refractivity contribution in [1.29, 1.82) is 0 Å². The van der Waals surface area contributed by atoms with E-state index in [1.165, 1.54) is 6.07 Å². The molecule has 0 spiro atoms. The molecule has 1 amide bonds. The number of aryl methyl sites for hydroxylation is 2. The number of benzene rings is 1. The topological polar surface area (TPSA) is 46.9 Å². The third kappa shape index (κ3) is 4.42. The van der Waals surface area contributed by atoms with Gasteiger partial charge in [0.05, 0.1) is 5.56 Å². The number of hydrogen-bond donors (Lipinski definition) is 1. The first-order chi connectivity index (χ1) is 13.3. The van der Waals surface area contributed by atoms with Gasteiger partial charge in [0.1, 0.15) is 5.69 Å². The van der Waals surface area contributed by atoms with E-state index >= 15 is 0 Å². The van der Waals surface area contributed by atoms with Crippen molar-refractivity contribution in [2.24, 2.45) is 0 Å². The highest BCUT2D eigenvalue weighted by molar-refractivity contribution is 5.94. The Hall–Kier alpha value is -3.09. The van der Waals surface area contributed by atoms with Crippen molar-refractivity contribution in [2.45, 2.75) is 33.1 Å². The van der Waals surface area contributed by atoms with Gasteiger partial charge in [-0.15, -0.1) is 0 Å². The third-order valence-corrected chi connectivity index (χ3v) is 4.48. The SMILES string of the molecule is Cc1cc(C)n(Cc2cccnc2)c1C(=O)NCc1cccc(C(F)(F)F)c1. The maximum Gasteiger partial charge on any atom is 0.416 e. The van der Waals surface area contributed by atoms with Gasteiger partial charge in [-0.05, 0) is 54.8 Å². The van der Waals surface area contributed by atoms with Crippen LogP contribution >= 0.6 is 0 Å². The highest BCUT2D eigenvalue weighted by Gasteiger charge is 2.30. The fourth-order valence-electron chi connectivity index (χ4n) is 3.15. The number of halogens is 3. The lowest BCUT2D eigenvalue weighted by Crippen LogP contribution is -2.27. The molecule has 2 heterocycles. The summed E-state index contributed by atoms with van der Waals surface area (Å²) in [4.78, 5) is 16.9. The Morgan fingerprint density at radius 3 is 2.54 bits per heavy atom. The van der Waals surface area contributed by atoms with Crippen LogP contribution in [0.5, 0.6) is 0 Å². The quantitative estimate of drug-likeness (QED) is 0.701. The predicted molar refractivity (Wildman–Crippen MR) is 99.9 cm³/mol. The molecule has 0 fully saturated rings. The number of aromatic nitrogens is 2. The number of hydrogen-bond acceptors (Lipinski definition) is 2. The van der Waals surface area contributed by atoms with Crippen molar-refractivity contribution < 1.29 is 18.0 Å². The summed E-state index contributed by atoms with van der Waals surface area (Å²) in [6.07, 6.45) is -0.995. The fourth-order valence-corrected chi connectivity index (χ4v) is 3.15. The summed E-state index contributed by atoms with van der Waals surface area (Å²) in [5.41, 5.74) is 2.84. The van der Waals surface area contributed by atoms with Crippen LogP contribution in [-0.4, -0.2) is 15.5 Å². The van der Waals surface area contributed by atoms with Crippen LogP contribution in [0, 0.1) is 13.8 Å². The van der Waals surface area contributed by atoms with Crippen LogP contribution in [-0.2, 0) is 19.3 Å². The van der Waals surface area contributed by atoms with E-state index in [1.807, 2.05) is 36.6 Å². The number of nitrogens with zero attached hydrogens (tertiary/aromatic N) is 2. The maximum atomic E-state index is 12.9. The smallest absolute Gasteiger partial charge is 0.347 e. The van der Waals surface area contributed by atoms with E-state index in [9.17, 15) is 18.0 Å². The Morgan fingerprint density at radius 2 is 1.86 bits per heavy atom. The predicted octanol–water partition coefficient (Wildman–Crippen LogP) is 4.50. The van der Waals surface area contributed by atoms with Gasteiger partial charge in [0.15, 0.2) is 0 Å².